The largest absolute Gasteiger partial charge is 0.490 e. The molecule has 0 aromatic heterocycles. The number of carbonyl (C=O) groups excluding carboxylic acids is 1. The standard InChI is InChI=1S/C21H30N2O.C2HF3O2/c1-16-7-5-6-10-18(16)15-23-19-11-12-22(20(19)13-21(23)24)14-17-8-3-2-4-9-17;3-2(4,5)1(6)7/h5-7,10,17,19-20H,2-4,8-9,11-15H2,1H3;(H,6,7)/t19-,20-;/m0./s1. The molecule has 4 rings (SSSR count). The summed E-state index contributed by atoms with van der Waals surface area (Å²) < 4.78 is 31.7. The molecule has 0 bridgehead atoms. The van der Waals surface area contributed by atoms with Crippen molar-refractivity contribution in [1.82, 2.24) is 9.80 Å². The van der Waals surface area contributed by atoms with Gasteiger partial charge in [0.05, 0.1) is 0 Å². The average molecular weight is 441 g/mol. The topological polar surface area (TPSA) is 60.9 Å². The minimum Gasteiger partial charge on any atom is -0.475 e. The van der Waals surface area contributed by atoms with Crippen molar-refractivity contribution < 1.29 is 27.9 Å². The number of nitrogens with zero attached hydrogens (tertiary/aromatic N) is 2. The summed E-state index contributed by atoms with van der Waals surface area (Å²) >= 11 is 0. The third kappa shape index (κ3) is 5.99. The van der Waals surface area contributed by atoms with Crippen LogP contribution in [-0.4, -0.2) is 58.1 Å². The molecule has 2 atom stereocenters. The highest BCUT2D eigenvalue weighted by atomic mass is 19.4. The third-order valence-electron chi connectivity index (χ3n) is 6.79. The van der Waals surface area contributed by atoms with Gasteiger partial charge in [0.15, 0.2) is 0 Å². The number of aliphatic carboxylic acids is 1. The summed E-state index contributed by atoms with van der Waals surface area (Å²) in [4.78, 5) is 26.4. The summed E-state index contributed by atoms with van der Waals surface area (Å²) in [6.07, 6.45) is 3.85. The predicted octanol–water partition coefficient (Wildman–Crippen LogP) is 4.38. The maximum absolute atomic E-state index is 12.6. The van der Waals surface area contributed by atoms with Crippen molar-refractivity contribution in [3.05, 3.63) is 35.4 Å². The minimum atomic E-state index is -5.08. The lowest BCUT2D eigenvalue weighted by Crippen LogP contribution is -2.39. The van der Waals surface area contributed by atoms with Crippen molar-refractivity contribution in [1.29, 1.82) is 0 Å². The Morgan fingerprint density at radius 1 is 1.10 bits per heavy atom. The summed E-state index contributed by atoms with van der Waals surface area (Å²) in [6, 6.07) is 9.41. The highest BCUT2D eigenvalue weighted by molar-refractivity contribution is 5.80. The number of alkyl halides is 3. The fourth-order valence-electron chi connectivity index (χ4n) is 5.11. The lowest BCUT2D eigenvalue weighted by Gasteiger charge is -2.30. The monoisotopic (exact) mass is 440 g/mol. The normalized spacial score (nSPS) is 24.6. The van der Waals surface area contributed by atoms with E-state index in [1.54, 1.807) is 0 Å². The lowest BCUT2D eigenvalue weighted by molar-refractivity contribution is -0.192. The Labute approximate surface area is 181 Å². The zero-order valence-electron chi connectivity index (χ0n) is 17.9. The number of aryl methyl sites for hydroxylation is 1. The molecule has 1 amide bonds. The molecule has 1 saturated carbocycles. The van der Waals surface area contributed by atoms with Gasteiger partial charge in [0.25, 0.3) is 0 Å². The minimum absolute atomic E-state index is 0.363. The molecular formula is C23H31F3N2O3. The smallest absolute Gasteiger partial charge is 0.475 e. The van der Waals surface area contributed by atoms with Crippen LogP contribution in [0.1, 0.15) is 56.1 Å². The molecule has 1 aromatic rings. The van der Waals surface area contributed by atoms with Crippen LogP contribution >= 0.6 is 0 Å². The molecule has 3 fully saturated rings. The highest BCUT2D eigenvalue weighted by Crippen LogP contribution is 2.36. The van der Waals surface area contributed by atoms with E-state index in [0.29, 0.717) is 18.0 Å². The van der Waals surface area contributed by atoms with Gasteiger partial charge in [0.1, 0.15) is 0 Å². The fraction of sp³-hybridized carbons (Fsp3) is 0.652. The van der Waals surface area contributed by atoms with Gasteiger partial charge in [-0.2, -0.15) is 13.2 Å². The predicted molar refractivity (Wildman–Crippen MR) is 110 cm³/mol. The van der Waals surface area contributed by atoms with Crippen molar-refractivity contribution in [2.24, 2.45) is 5.92 Å². The van der Waals surface area contributed by atoms with E-state index >= 15 is 0 Å². The number of likely N-dealkylation sites (tertiary alicyclic amines) is 2. The maximum Gasteiger partial charge on any atom is 0.490 e. The van der Waals surface area contributed by atoms with Crippen molar-refractivity contribution in [2.75, 3.05) is 13.1 Å². The number of hydrogen-bond acceptors (Lipinski definition) is 3. The first-order valence-corrected chi connectivity index (χ1v) is 11.0. The number of benzene rings is 1. The second-order valence-corrected chi connectivity index (χ2v) is 8.88. The summed E-state index contributed by atoms with van der Waals surface area (Å²) in [6.45, 7) is 5.36. The van der Waals surface area contributed by atoms with E-state index in [1.165, 1.54) is 56.3 Å². The molecule has 172 valence electrons. The van der Waals surface area contributed by atoms with Gasteiger partial charge in [-0.05, 0) is 43.2 Å². The Kier molecular flexibility index (Phi) is 7.62. The Bertz CT molecular complexity index is 778. The van der Waals surface area contributed by atoms with Crippen molar-refractivity contribution >= 4 is 11.9 Å². The molecule has 3 aliphatic rings. The van der Waals surface area contributed by atoms with E-state index in [-0.39, 0.29) is 0 Å². The fourth-order valence-corrected chi connectivity index (χ4v) is 5.11. The van der Waals surface area contributed by atoms with E-state index in [4.69, 9.17) is 9.90 Å². The molecule has 0 unspecified atom stereocenters. The van der Waals surface area contributed by atoms with Crippen LogP contribution in [0, 0.1) is 12.8 Å². The Morgan fingerprint density at radius 2 is 1.74 bits per heavy atom. The van der Waals surface area contributed by atoms with Crippen LogP contribution in [0.3, 0.4) is 0 Å². The second kappa shape index (κ2) is 10.0. The lowest BCUT2D eigenvalue weighted by atomic mass is 9.89. The van der Waals surface area contributed by atoms with Crippen LogP contribution in [0.15, 0.2) is 24.3 Å². The Balaban J connectivity index is 0.000000339. The average Bonchev–Trinajstić information content (AvgIpc) is 3.24. The molecule has 2 aliphatic heterocycles. The number of hydrogen-bond donors (Lipinski definition) is 1. The van der Waals surface area contributed by atoms with Crippen LogP contribution in [0.4, 0.5) is 13.2 Å². The molecule has 1 aliphatic carbocycles. The van der Waals surface area contributed by atoms with E-state index in [2.05, 4.69) is 41.0 Å². The molecule has 5 nitrogen and oxygen atoms in total. The van der Waals surface area contributed by atoms with Gasteiger partial charge >= 0.3 is 12.1 Å². The van der Waals surface area contributed by atoms with Crippen molar-refractivity contribution in [3.63, 3.8) is 0 Å². The van der Waals surface area contributed by atoms with Gasteiger partial charge in [-0.15, -0.1) is 0 Å². The van der Waals surface area contributed by atoms with E-state index in [0.717, 1.165) is 25.3 Å². The molecule has 0 radical (unpaired) electrons. The second-order valence-electron chi connectivity index (χ2n) is 8.88. The molecule has 1 aromatic carbocycles. The van der Waals surface area contributed by atoms with Gasteiger partial charge in [0, 0.05) is 38.1 Å². The molecule has 2 heterocycles. The summed E-state index contributed by atoms with van der Waals surface area (Å²) in [5.41, 5.74) is 2.60. The zero-order chi connectivity index (χ0) is 22.6. The van der Waals surface area contributed by atoms with Gasteiger partial charge in [-0.25, -0.2) is 4.79 Å². The van der Waals surface area contributed by atoms with Gasteiger partial charge in [-0.3, -0.25) is 9.69 Å². The van der Waals surface area contributed by atoms with E-state index in [9.17, 15) is 18.0 Å². The van der Waals surface area contributed by atoms with Crippen LogP contribution in [-0.2, 0) is 16.1 Å². The third-order valence-corrected chi connectivity index (χ3v) is 6.79. The number of rotatable bonds is 4. The van der Waals surface area contributed by atoms with Crippen LogP contribution in [0.25, 0.3) is 0 Å². The molecule has 1 N–H and O–H groups in total. The van der Waals surface area contributed by atoms with Crippen LogP contribution in [0.2, 0.25) is 0 Å². The van der Waals surface area contributed by atoms with E-state index < -0.39 is 12.1 Å². The summed E-state index contributed by atoms with van der Waals surface area (Å²) in [5, 5.41) is 7.12. The number of carboxylic acids is 1. The van der Waals surface area contributed by atoms with Crippen molar-refractivity contribution in [3.8, 4) is 0 Å². The highest BCUT2D eigenvalue weighted by Gasteiger charge is 2.46. The zero-order valence-corrected chi connectivity index (χ0v) is 17.9. The Morgan fingerprint density at radius 3 is 2.35 bits per heavy atom. The SMILES string of the molecule is Cc1ccccc1CN1C(=O)C[C@H]2[C@@H]1CCN2CC1CCCCC1.O=C(O)C(F)(F)F. The quantitative estimate of drug-likeness (QED) is 0.755. The van der Waals surface area contributed by atoms with Gasteiger partial charge in [0.2, 0.25) is 5.91 Å². The molecule has 0 spiro atoms. The number of amides is 1. The molecule has 2 saturated heterocycles. The number of carboxylic acid groups (broad SMARTS) is 1. The summed E-state index contributed by atoms with van der Waals surface area (Å²) in [7, 11) is 0. The molecule has 31 heavy (non-hydrogen) atoms. The Hall–Kier alpha value is -2.09. The van der Waals surface area contributed by atoms with Gasteiger partial charge < -0.3 is 10.0 Å². The first-order valence-electron chi connectivity index (χ1n) is 11.0. The van der Waals surface area contributed by atoms with Gasteiger partial charge in [-0.1, -0.05) is 43.5 Å². The number of halogens is 3. The molecule has 8 heteroatoms. The van der Waals surface area contributed by atoms with E-state index in [1.807, 2.05) is 0 Å². The number of fused-ring (bicyclic) bond motifs is 1. The summed E-state index contributed by atoms with van der Waals surface area (Å²) in [5.74, 6) is -1.52. The number of carbonyl (C=O) groups is 2. The first kappa shape index (κ1) is 23.6. The van der Waals surface area contributed by atoms with Crippen molar-refractivity contribution in [2.45, 2.75) is 76.7 Å². The van der Waals surface area contributed by atoms with Crippen LogP contribution in [0.5, 0.6) is 0 Å². The van der Waals surface area contributed by atoms with Crippen LogP contribution < -0.4 is 0 Å². The molecular weight excluding hydrogens is 409 g/mol. The maximum atomic E-state index is 12.6. The first-order chi connectivity index (χ1) is 14.7.